The van der Waals surface area contributed by atoms with Gasteiger partial charge in [-0.2, -0.15) is 0 Å². The van der Waals surface area contributed by atoms with Gasteiger partial charge in [-0.05, 0) is 42.3 Å². The van der Waals surface area contributed by atoms with Crippen LogP contribution in [-0.4, -0.2) is 24.9 Å². The highest BCUT2D eigenvalue weighted by atomic mass is 19.1. The maximum atomic E-state index is 14.3. The van der Waals surface area contributed by atoms with Gasteiger partial charge in [0.15, 0.2) is 0 Å². The third kappa shape index (κ3) is 4.39. The average molecular weight is 376 g/mol. The van der Waals surface area contributed by atoms with Gasteiger partial charge in [0.05, 0.1) is 11.6 Å². The molecule has 0 saturated carbocycles. The van der Waals surface area contributed by atoms with Crippen LogP contribution < -0.4 is 4.90 Å². The smallest absolute Gasteiger partial charge is 0.257 e. The fourth-order valence-corrected chi connectivity index (χ4v) is 3.18. The van der Waals surface area contributed by atoms with Crippen molar-refractivity contribution >= 4 is 11.6 Å². The Kier molecular flexibility index (Phi) is 6.09. The summed E-state index contributed by atoms with van der Waals surface area (Å²) in [5.74, 6) is -0.813. The van der Waals surface area contributed by atoms with Gasteiger partial charge in [0, 0.05) is 26.3 Å². The molecular weight excluding hydrogens is 351 g/mol. The summed E-state index contributed by atoms with van der Waals surface area (Å²) in [5.41, 5.74) is 3.19. The van der Waals surface area contributed by atoms with Gasteiger partial charge in [-0.3, -0.25) is 4.79 Å². The molecule has 0 heterocycles. The molecule has 3 aromatic carbocycles. The maximum Gasteiger partial charge on any atom is 0.257 e. The largest absolute Gasteiger partial charge is 0.378 e. The predicted molar refractivity (Wildman–Crippen MR) is 112 cm³/mol. The third-order valence-electron chi connectivity index (χ3n) is 4.92. The van der Waals surface area contributed by atoms with Crippen LogP contribution in [0, 0.1) is 5.82 Å². The van der Waals surface area contributed by atoms with Crippen molar-refractivity contribution in [3.63, 3.8) is 0 Å². The standard InChI is InChI=1S/C24H25FN2O/c1-18(20-9-5-4-6-10-20)27(24(28)22-11-7-8-12-23(22)25)17-19-13-15-21(16-14-19)26(2)3/h4-16,18H,17H2,1-3H3. The lowest BCUT2D eigenvalue weighted by molar-refractivity contribution is 0.0669. The van der Waals surface area contributed by atoms with E-state index in [-0.39, 0.29) is 17.5 Å². The van der Waals surface area contributed by atoms with E-state index >= 15 is 0 Å². The first-order chi connectivity index (χ1) is 13.5. The van der Waals surface area contributed by atoms with Crippen LogP contribution in [0.5, 0.6) is 0 Å². The highest BCUT2D eigenvalue weighted by Crippen LogP contribution is 2.26. The van der Waals surface area contributed by atoms with Crippen LogP contribution in [0.15, 0.2) is 78.9 Å². The van der Waals surface area contributed by atoms with Gasteiger partial charge in [-0.25, -0.2) is 4.39 Å². The number of carbonyl (C=O) groups is 1. The van der Waals surface area contributed by atoms with Crippen molar-refractivity contribution in [1.29, 1.82) is 0 Å². The molecular formula is C24H25FN2O. The van der Waals surface area contributed by atoms with E-state index < -0.39 is 5.82 Å². The van der Waals surface area contributed by atoms with E-state index in [1.807, 2.05) is 80.5 Å². The summed E-state index contributed by atoms with van der Waals surface area (Å²) in [6.45, 7) is 2.37. The van der Waals surface area contributed by atoms with E-state index in [2.05, 4.69) is 0 Å². The molecule has 3 rings (SSSR count). The van der Waals surface area contributed by atoms with Gasteiger partial charge in [-0.1, -0.05) is 54.6 Å². The summed E-state index contributed by atoms with van der Waals surface area (Å²) in [7, 11) is 3.97. The minimum absolute atomic E-state index is 0.0928. The Bertz CT molecular complexity index is 923. The van der Waals surface area contributed by atoms with E-state index in [1.165, 1.54) is 12.1 Å². The summed E-state index contributed by atoms with van der Waals surface area (Å²) < 4.78 is 14.3. The van der Waals surface area contributed by atoms with E-state index in [9.17, 15) is 9.18 Å². The Balaban J connectivity index is 1.94. The SMILES string of the molecule is CC(c1ccccc1)N(Cc1ccc(N(C)C)cc1)C(=O)c1ccccc1F. The van der Waals surface area contributed by atoms with Crippen molar-refractivity contribution in [3.8, 4) is 0 Å². The molecule has 3 aromatic rings. The molecule has 0 aliphatic heterocycles. The molecule has 0 radical (unpaired) electrons. The summed E-state index contributed by atoms with van der Waals surface area (Å²) in [6, 6.07) is 23.8. The number of rotatable bonds is 6. The fourth-order valence-electron chi connectivity index (χ4n) is 3.18. The van der Waals surface area contributed by atoms with Crippen molar-refractivity contribution in [3.05, 3.63) is 101 Å². The number of hydrogen-bond donors (Lipinski definition) is 0. The molecule has 1 unspecified atom stereocenters. The molecule has 0 bridgehead atoms. The number of benzene rings is 3. The molecule has 144 valence electrons. The topological polar surface area (TPSA) is 23.6 Å². The zero-order valence-electron chi connectivity index (χ0n) is 16.5. The Hall–Kier alpha value is -3.14. The second-order valence-electron chi connectivity index (χ2n) is 7.06. The van der Waals surface area contributed by atoms with Gasteiger partial charge in [0.1, 0.15) is 5.82 Å². The summed E-state index contributed by atoms with van der Waals surface area (Å²) >= 11 is 0. The summed E-state index contributed by atoms with van der Waals surface area (Å²) in [5, 5.41) is 0. The molecule has 0 spiro atoms. The van der Waals surface area contributed by atoms with E-state index in [0.29, 0.717) is 6.54 Å². The maximum absolute atomic E-state index is 14.3. The monoisotopic (exact) mass is 376 g/mol. The first-order valence-corrected chi connectivity index (χ1v) is 9.34. The quantitative estimate of drug-likeness (QED) is 0.583. The van der Waals surface area contributed by atoms with Crippen LogP contribution in [0.4, 0.5) is 10.1 Å². The summed E-state index contributed by atoms with van der Waals surface area (Å²) in [6.07, 6.45) is 0. The molecule has 28 heavy (non-hydrogen) atoms. The second-order valence-corrected chi connectivity index (χ2v) is 7.06. The highest BCUT2D eigenvalue weighted by Gasteiger charge is 2.25. The average Bonchev–Trinajstić information content (AvgIpc) is 2.72. The zero-order valence-corrected chi connectivity index (χ0v) is 16.5. The summed E-state index contributed by atoms with van der Waals surface area (Å²) in [4.78, 5) is 17.0. The van der Waals surface area contributed by atoms with E-state index in [1.54, 1.807) is 17.0 Å². The molecule has 1 atom stereocenters. The van der Waals surface area contributed by atoms with Gasteiger partial charge < -0.3 is 9.80 Å². The lowest BCUT2D eigenvalue weighted by atomic mass is 10.0. The van der Waals surface area contributed by atoms with Crippen LogP contribution in [0.1, 0.15) is 34.5 Å². The molecule has 0 aliphatic carbocycles. The van der Waals surface area contributed by atoms with Crippen LogP contribution in [0.3, 0.4) is 0 Å². The zero-order chi connectivity index (χ0) is 20.1. The minimum atomic E-state index is -0.499. The van der Waals surface area contributed by atoms with E-state index in [4.69, 9.17) is 0 Å². The number of anilines is 1. The Morgan fingerprint density at radius 1 is 0.893 bits per heavy atom. The lowest BCUT2D eigenvalue weighted by Crippen LogP contribution is -2.33. The first-order valence-electron chi connectivity index (χ1n) is 9.34. The van der Waals surface area contributed by atoms with Crippen molar-refractivity contribution in [2.75, 3.05) is 19.0 Å². The normalized spacial score (nSPS) is 11.7. The number of hydrogen-bond acceptors (Lipinski definition) is 2. The van der Waals surface area contributed by atoms with Gasteiger partial charge in [0.2, 0.25) is 0 Å². The Morgan fingerprint density at radius 3 is 2.11 bits per heavy atom. The highest BCUT2D eigenvalue weighted by molar-refractivity contribution is 5.94. The van der Waals surface area contributed by atoms with Crippen molar-refractivity contribution in [2.24, 2.45) is 0 Å². The Labute approximate surface area is 166 Å². The molecule has 0 saturated heterocycles. The molecule has 1 amide bonds. The Morgan fingerprint density at radius 2 is 1.50 bits per heavy atom. The lowest BCUT2D eigenvalue weighted by Gasteiger charge is -2.30. The molecule has 0 aromatic heterocycles. The molecule has 0 aliphatic rings. The van der Waals surface area contributed by atoms with Crippen LogP contribution >= 0.6 is 0 Å². The van der Waals surface area contributed by atoms with Crippen LogP contribution in [0.2, 0.25) is 0 Å². The number of halogens is 1. The molecule has 0 N–H and O–H groups in total. The van der Waals surface area contributed by atoms with Gasteiger partial charge in [-0.15, -0.1) is 0 Å². The molecule has 3 nitrogen and oxygen atoms in total. The van der Waals surface area contributed by atoms with Crippen molar-refractivity contribution in [2.45, 2.75) is 19.5 Å². The van der Waals surface area contributed by atoms with Gasteiger partial charge in [0.25, 0.3) is 5.91 Å². The van der Waals surface area contributed by atoms with E-state index in [0.717, 1.165) is 16.8 Å². The number of amides is 1. The fraction of sp³-hybridized carbons (Fsp3) is 0.208. The molecule has 4 heteroatoms. The number of carbonyl (C=O) groups excluding carboxylic acids is 1. The van der Waals surface area contributed by atoms with Crippen molar-refractivity contribution < 1.29 is 9.18 Å². The minimum Gasteiger partial charge on any atom is -0.378 e. The first kappa shape index (κ1) is 19.6. The van der Waals surface area contributed by atoms with Crippen molar-refractivity contribution in [1.82, 2.24) is 4.90 Å². The molecule has 0 fully saturated rings. The van der Waals surface area contributed by atoms with Crippen LogP contribution in [-0.2, 0) is 6.54 Å². The van der Waals surface area contributed by atoms with Crippen LogP contribution in [0.25, 0.3) is 0 Å². The predicted octanol–water partition coefficient (Wildman–Crippen LogP) is 5.30. The van der Waals surface area contributed by atoms with Gasteiger partial charge >= 0.3 is 0 Å². The number of nitrogens with zero attached hydrogens (tertiary/aromatic N) is 2. The third-order valence-corrected chi connectivity index (χ3v) is 4.92. The second kappa shape index (κ2) is 8.70.